The quantitative estimate of drug-likeness (QED) is 0.361. The predicted molar refractivity (Wildman–Crippen MR) is 81.7 cm³/mol. The minimum atomic E-state index is -0.534. The molecule has 114 valence electrons. The van der Waals surface area contributed by atoms with Crippen LogP contribution in [0.1, 0.15) is 20.8 Å². The highest BCUT2D eigenvalue weighted by Gasteiger charge is 2.15. The van der Waals surface area contributed by atoms with Crippen molar-refractivity contribution in [3.63, 3.8) is 0 Å². The summed E-state index contributed by atoms with van der Waals surface area (Å²) in [5, 5.41) is 2.37. The molecule has 2 N–H and O–H groups in total. The Bertz CT molecular complexity index is 389. The molecule has 0 aliphatic heterocycles. The van der Waals surface area contributed by atoms with Gasteiger partial charge in [0.05, 0.1) is 0 Å². The molecule has 0 aromatic heterocycles. The Balaban J connectivity index is 4.60. The number of ether oxygens (including phenoxy) is 1. The van der Waals surface area contributed by atoms with Gasteiger partial charge in [-0.1, -0.05) is 12.7 Å². The molecule has 0 aliphatic carbocycles. The first-order chi connectivity index (χ1) is 9.15. The molecule has 7 nitrogen and oxygen atoms in total. The second-order valence-electron chi connectivity index (χ2n) is 4.96. The van der Waals surface area contributed by atoms with E-state index in [0.29, 0.717) is 0 Å². The first kappa shape index (κ1) is 18.3. The summed E-state index contributed by atoms with van der Waals surface area (Å²) in [6.07, 6.45) is 1.49. The molecule has 0 rings (SSSR count). The number of carbonyl (C=O) groups excluding carboxylic acids is 2. The first-order valence-corrected chi connectivity index (χ1v) is 6.76. The highest BCUT2D eigenvalue weighted by molar-refractivity contribution is 7.99. The van der Waals surface area contributed by atoms with Gasteiger partial charge in [0, 0.05) is 18.8 Å². The average molecular weight is 302 g/mol. The van der Waals surface area contributed by atoms with E-state index in [1.165, 1.54) is 22.9 Å². The molecule has 0 aromatic rings. The van der Waals surface area contributed by atoms with Crippen molar-refractivity contribution in [2.24, 2.45) is 4.99 Å². The fraction of sp³-hybridized carbons (Fsp3) is 0.583. The van der Waals surface area contributed by atoms with E-state index in [1.807, 2.05) is 20.8 Å². The smallest absolute Gasteiger partial charge is 0.347 e. The Morgan fingerprint density at radius 2 is 2.00 bits per heavy atom. The second kappa shape index (κ2) is 8.47. The standard InChI is InChI=1S/C12H22N4O3S/c1-7-8-19-10(14-11(18)16(5)6)13-9(17)15-20-12(2,3)4/h7H,1,8H2,2-6H3,(H2,13,14,15,17,18). The lowest BCUT2D eigenvalue weighted by atomic mass is 10.3. The van der Waals surface area contributed by atoms with Crippen LogP contribution in [0.25, 0.3) is 0 Å². The number of amides is 4. The molecule has 0 radical (unpaired) electrons. The van der Waals surface area contributed by atoms with E-state index in [-0.39, 0.29) is 17.4 Å². The topological polar surface area (TPSA) is 83.0 Å². The van der Waals surface area contributed by atoms with Crippen LogP contribution in [0.15, 0.2) is 17.6 Å². The zero-order valence-corrected chi connectivity index (χ0v) is 13.3. The van der Waals surface area contributed by atoms with Gasteiger partial charge in [0.25, 0.3) is 0 Å². The van der Waals surface area contributed by atoms with Crippen molar-refractivity contribution in [2.75, 3.05) is 20.7 Å². The monoisotopic (exact) mass is 302 g/mol. The summed E-state index contributed by atoms with van der Waals surface area (Å²) in [6.45, 7) is 9.48. The number of amidine groups is 1. The molecule has 8 heteroatoms. The SMILES string of the molecule is C=CCOC(=NC(=O)N(C)C)NC(=O)NSC(C)(C)C. The molecule has 0 saturated heterocycles. The molecule has 0 heterocycles. The van der Waals surface area contributed by atoms with Crippen molar-refractivity contribution in [1.82, 2.24) is 14.9 Å². The van der Waals surface area contributed by atoms with Crippen LogP contribution in [0, 0.1) is 0 Å². The number of nitrogens with one attached hydrogen (secondary N) is 2. The molecule has 0 saturated carbocycles. The van der Waals surface area contributed by atoms with E-state index in [1.54, 1.807) is 14.1 Å². The predicted octanol–water partition coefficient (Wildman–Crippen LogP) is 1.97. The fourth-order valence-electron chi connectivity index (χ4n) is 0.743. The van der Waals surface area contributed by atoms with Gasteiger partial charge in [-0.2, -0.15) is 0 Å². The molecule has 0 fully saturated rings. The number of hydrogen-bond acceptors (Lipinski definition) is 4. The second-order valence-corrected chi connectivity index (χ2v) is 6.60. The Morgan fingerprint density at radius 3 is 2.45 bits per heavy atom. The Morgan fingerprint density at radius 1 is 1.40 bits per heavy atom. The lowest BCUT2D eigenvalue weighted by Crippen LogP contribution is -2.40. The van der Waals surface area contributed by atoms with Gasteiger partial charge < -0.3 is 9.64 Å². The van der Waals surface area contributed by atoms with Gasteiger partial charge in [-0.25, -0.2) is 9.59 Å². The molecule has 0 bridgehead atoms. The molecule has 0 aromatic carbocycles. The van der Waals surface area contributed by atoms with Crippen molar-refractivity contribution < 1.29 is 14.3 Å². The van der Waals surface area contributed by atoms with Crippen LogP contribution in [0.4, 0.5) is 9.59 Å². The number of carbonyl (C=O) groups is 2. The fourth-order valence-corrected chi connectivity index (χ4v) is 1.19. The third-order valence-corrected chi connectivity index (χ3v) is 2.49. The van der Waals surface area contributed by atoms with Crippen LogP contribution < -0.4 is 10.0 Å². The van der Waals surface area contributed by atoms with Gasteiger partial charge in [-0.3, -0.25) is 10.0 Å². The summed E-state index contributed by atoms with van der Waals surface area (Å²) >= 11 is 1.24. The van der Waals surface area contributed by atoms with Gasteiger partial charge >= 0.3 is 18.1 Å². The average Bonchev–Trinajstić information content (AvgIpc) is 2.32. The van der Waals surface area contributed by atoms with E-state index in [0.717, 1.165) is 0 Å². The summed E-state index contributed by atoms with van der Waals surface area (Å²) in [7, 11) is 3.10. The third-order valence-electron chi connectivity index (χ3n) is 1.59. The van der Waals surface area contributed by atoms with Gasteiger partial charge in [0.15, 0.2) is 0 Å². The number of rotatable bonds is 3. The first-order valence-electron chi connectivity index (χ1n) is 5.94. The van der Waals surface area contributed by atoms with E-state index in [2.05, 4.69) is 21.6 Å². The van der Waals surface area contributed by atoms with Crippen LogP contribution in [0.3, 0.4) is 0 Å². The van der Waals surface area contributed by atoms with Crippen molar-refractivity contribution in [1.29, 1.82) is 0 Å². The lowest BCUT2D eigenvalue weighted by molar-refractivity contribution is 0.225. The zero-order valence-electron chi connectivity index (χ0n) is 12.5. The molecular formula is C12H22N4O3S. The summed E-state index contributed by atoms with van der Waals surface area (Å²) in [4.78, 5) is 28.0. The van der Waals surface area contributed by atoms with Gasteiger partial charge in [0.1, 0.15) is 6.61 Å². The maximum Gasteiger partial charge on any atom is 0.347 e. The van der Waals surface area contributed by atoms with Gasteiger partial charge in [0.2, 0.25) is 0 Å². The summed E-state index contributed by atoms with van der Waals surface area (Å²) < 4.78 is 7.58. The van der Waals surface area contributed by atoms with Gasteiger partial charge in [-0.15, -0.1) is 4.99 Å². The number of aliphatic imine (C=N–C) groups is 1. The minimum Gasteiger partial charge on any atom is -0.460 e. The highest BCUT2D eigenvalue weighted by Crippen LogP contribution is 2.18. The van der Waals surface area contributed by atoms with Crippen molar-refractivity contribution in [3.05, 3.63) is 12.7 Å². The lowest BCUT2D eigenvalue weighted by Gasteiger charge is -2.18. The van der Waals surface area contributed by atoms with Crippen LogP contribution in [0.5, 0.6) is 0 Å². The maximum atomic E-state index is 11.7. The van der Waals surface area contributed by atoms with Crippen molar-refractivity contribution in [2.45, 2.75) is 25.5 Å². The normalized spacial score (nSPS) is 11.6. The molecule has 0 aliphatic rings. The summed E-state index contributed by atoms with van der Waals surface area (Å²) in [6, 6.07) is -1.22. The van der Waals surface area contributed by atoms with Crippen molar-refractivity contribution in [3.8, 4) is 0 Å². The Kier molecular flexibility index (Phi) is 7.75. The molecule has 4 amide bonds. The molecule has 0 spiro atoms. The zero-order chi connectivity index (χ0) is 15.8. The molecule has 0 unspecified atom stereocenters. The van der Waals surface area contributed by atoms with Crippen LogP contribution >= 0.6 is 11.9 Å². The molecule has 20 heavy (non-hydrogen) atoms. The number of nitrogens with zero attached hydrogens (tertiary/aromatic N) is 2. The minimum absolute atomic E-state index is 0.129. The van der Waals surface area contributed by atoms with Crippen LogP contribution in [-0.4, -0.2) is 48.4 Å². The van der Waals surface area contributed by atoms with E-state index >= 15 is 0 Å². The maximum absolute atomic E-state index is 11.7. The summed E-state index contributed by atoms with van der Waals surface area (Å²) in [5.74, 6) is 0. The Hall–Kier alpha value is -1.70. The van der Waals surface area contributed by atoms with Crippen LogP contribution in [-0.2, 0) is 4.74 Å². The van der Waals surface area contributed by atoms with E-state index in [4.69, 9.17) is 4.74 Å². The highest BCUT2D eigenvalue weighted by atomic mass is 32.2. The molecule has 0 atom stereocenters. The summed E-state index contributed by atoms with van der Waals surface area (Å²) in [5.41, 5.74) is 0. The van der Waals surface area contributed by atoms with E-state index < -0.39 is 12.1 Å². The Labute approximate surface area is 124 Å². The third kappa shape index (κ3) is 9.26. The van der Waals surface area contributed by atoms with Crippen molar-refractivity contribution >= 4 is 30.0 Å². The van der Waals surface area contributed by atoms with Crippen LogP contribution in [0.2, 0.25) is 0 Å². The number of hydrogen-bond donors (Lipinski definition) is 2. The molecular weight excluding hydrogens is 280 g/mol. The number of urea groups is 2. The van der Waals surface area contributed by atoms with E-state index in [9.17, 15) is 9.59 Å². The van der Waals surface area contributed by atoms with Gasteiger partial charge in [-0.05, 0) is 32.7 Å². The largest absolute Gasteiger partial charge is 0.460 e.